The SMILES string of the molecule is CCCCN1CCN(C(=O)c2cn(CC)nc2S(=O)(=O)N2CCN(c3cc(Cl)ccc3C)CC2)CC1. The largest absolute Gasteiger partial charge is 0.369 e. The Hall–Kier alpha value is -2.14. The van der Waals surface area contributed by atoms with Gasteiger partial charge in [-0.1, -0.05) is 31.0 Å². The monoisotopic (exact) mass is 536 g/mol. The van der Waals surface area contributed by atoms with Crippen LogP contribution in [0.15, 0.2) is 29.4 Å². The molecule has 3 heterocycles. The number of amides is 1. The molecule has 2 fully saturated rings. The molecule has 36 heavy (non-hydrogen) atoms. The Kier molecular flexibility index (Phi) is 8.59. The lowest BCUT2D eigenvalue weighted by atomic mass is 10.1. The third-order valence-corrected chi connectivity index (χ3v) is 9.17. The minimum Gasteiger partial charge on any atom is -0.369 e. The number of benzene rings is 1. The number of sulfonamides is 1. The molecule has 1 amide bonds. The second-order valence-corrected chi connectivity index (χ2v) is 11.8. The summed E-state index contributed by atoms with van der Waals surface area (Å²) < 4.78 is 30.4. The Morgan fingerprint density at radius 2 is 1.72 bits per heavy atom. The van der Waals surface area contributed by atoms with Gasteiger partial charge in [0.25, 0.3) is 15.9 Å². The van der Waals surface area contributed by atoms with Crippen LogP contribution < -0.4 is 4.90 Å². The standard InChI is InChI=1S/C25H37ClN6O3S/c1-4-6-9-28-10-12-30(13-11-28)25(33)22-19-31(5-2)27-24(22)36(34,35)32-16-14-29(15-17-32)23-18-21(26)8-7-20(23)3/h7-8,18-19H,4-6,9-17H2,1-3H3. The maximum Gasteiger partial charge on any atom is 0.263 e. The molecule has 4 rings (SSSR count). The van der Waals surface area contributed by atoms with Crippen molar-refractivity contribution in [2.75, 3.05) is 63.8 Å². The molecular weight excluding hydrogens is 500 g/mol. The molecular formula is C25H37ClN6O3S. The van der Waals surface area contributed by atoms with Gasteiger partial charge < -0.3 is 9.80 Å². The average Bonchev–Trinajstić information content (AvgIpc) is 3.34. The van der Waals surface area contributed by atoms with E-state index in [1.54, 1.807) is 15.8 Å². The Morgan fingerprint density at radius 3 is 2.36 bits per heavy atom. The van der Waals surface area contributed by atoms with Crippen LogP contribution in [0.25, 0.3) is 0 Å². The van der Waals surface area contributed by atoms with E-state index < -0.39 is 10.0 Å². The fourth-order valence-electron chi connectivity index (χ4n) is 4.84. The molecule has 0 bridgehead atoms. The van der Waals surface area contributed by atoms with Crippen LogP contribution in [-0.4, -0.2) is 97.1 Å². The molecule has 0 atom stereocenters. The van der Waals surface area contributed by atoms with Gasteiger partial charge in [-0.2, -0.15) is 9.40 Å². The third kappa shape index (κ3) is 5.72. The second kappa shape index (κ2) is 11.5. The van der Waals surface area contributed by atoms with E-state index in [1.165, 1.54) is 4.31 Å². The lowest BCUT2D eigenvalue weighted by Gasteiger charge is -2.36. The third-order valence-electron chi connectivity index (χ3n) is 7.10. The number of piperazine rings is 2. The molecule has 1 aromatic carbocycles. The van der Waals surface area contributed by atoms with Crippen molar-refractivity contribution < 1.29 is 13.2 Å². The minimum absolute atomic E-state index is 0.129. The fourth-order valence-corrected chi connectivity index (χ4v) is 6.53. The van der Waals surface area contributed by atoms with Gasteiger partial charge in [0, 0.05) is 75.8 Å². The predicted octanol–water partition coefficient (Wildman–Crippen LogP) is 2.93. The zero-order valence-corrected chi connectivity index (χ0v) is 23.1. The second-order valence-electron chi connectivity index (χ2n) is 9.51. The Balaban J connectivity index is 1.49. The van der Waals surface area contributed by atoms with E-state index in [2.05, 4.69) is 21.8 Å². The number of halogens is 1. The summed E-state index contributed by atoms with van der Waals surface area (Å²) in [6.45, 7) is 12.1. The van der Waals surface area contributed by atoms with Gasteiger partial charge in [0.05, 0.1) is 5.56 Å². The topological polar surface area (TPSA) is 82.0 Å². The molecule has 11 heteroatoms. The van der Waals surface area contributed by atoms with Crippen molar-refractivity contribution in [1.82, 2.24) is 23.9 Å². The zero-order chi connectivity index (χ0) is 25.9. The summed E-state index contributed by atoms with van der Waals surface area (Å²) in [7, 11) is -3.92. The van der Waals surface area contributed by atoms with E-state index in [-0.39, 0.29) is 16.5 Å². The van der Waals surface area contributed by atoms with Gasteiger partial charge in [-0.05, 0) is 44.5 Å². The molecule has 2 aromatic rings. The van der Waals surface area contributed by atoms with Crippen molar-refractivity contribution in [3.8, 4) is 0 Å². The number of aryl methyl sites for hydroxylation is 2. The van der Waals surface area contributed by atoms with Crippen LogP contribution in [0.4, 0.5) is 5.69 Å². The molecule has 0 N–H and O–H groups in total. The summed E-state index contributed by atoms with van der Waals surface area (Å²) in [5, 5.41) is 4.88. The van der Waals surface area contributed by atoms with Crippen LogP contribution in [-0.2, 0) is 16.6 Å². The highest BCUT2D eigenvalue weighted by atomic mass is 35.5. The number of anilines is 1. The normalized spacial score (nSPS) is 18.1. The van der Waals surface area contributed by atoms with E-state index in [4.69, 9.17) is 11.6 Å². The van der Waals surface area contributed by atoms with Crippen molar-refractivity contribution in [1.29, 1.82) is 0 Å². The van der Waals surface area contributed by atoms with Crippen LogP contribution in [0.5, 0.6) is 0 Å². The summed E-state index contributed by atoms with van der Waals surface area (Å²) in [5.41, 5.74) is 2.29. The van der Waals surface area contributed by atoms with E-state index in [1.807, 2.05) is 32.0 Å². The van der Waals surface area contributed by atoms with E-state index >= 15 is 0 Å². The van der Waals surface area contributed by atoms with Gasteiger partial charge in [0.2, 0.25) is 5.03 Å². The predicted molar refractivity (Wildman–Crippen MR) is 142 cm³/mol. The maximum atomic E-state index is 13.7. The highest BCUT2D eigenvalue weighted by Gasteiger charge is 2.36. The smallest absolute Gasteiger partial charge is 0.263 e. The number of rotatable bonds is 8. The van der Waals surface area contributed by atoms with E-state index in [0.29, 0.717) is 50.8 Å². The molecule has 1 aromatic heterocycles. The zero-order valence-electron chi connectivity index (χ0n) is 21.5. The molecule has 2 aliphatic rings. The van der Waals surface area contributed by atoms with Gasteiger partial charge in [-0.3, -0.25) is 14.4 Å². The average molecular weight is 537 g/mol. The summed E-state index contributed by atoms with van der Waals surface area (Å²) in [6, 6.07) is 5.75. The number of unbranched alkanes of at least 4 members (excludes halogenated alkanes) is 1. The first-order valence-electron chi connectivity index (χ1n) is 12.8. The van der Waals surface area contributed by atoms with Crippen molar-refractivity contribution in [3.63, 3.8) is 0 Å². The quantitative estimate of drug-likeness (QED) is 0.516. The van der Waals surface area contributed by atoms with Crippen LogP contribution in [0.2, 0.25) is 5.02 Å². The molecule has 0 unspecified atom stereocenters. The first-order chi connectivity index (χ1) is 17.2. The molecule has 0 radical (unpaired) electrons. The van der Waals surface area contributed by atoms with Crippen LogP contribution in [0.3, 0.4) is 0 Å². The maximum absolute atomic E-state index is 13.7. The summed E-state index contributed by atoms with van der Waals surface area (Å²) in [5.74, 6) is -0.253. The molecule has 2 aliphatic heterocycles. The Morgan fingerprint density at radius 1 is 1.03 bits per heavy atom. The fraction of sp³-hybridized carbons (Fsp3) is 0.600. The van der Waals surface area contributed by atoms with Crippen molar-refractivity contribution in [3.05, 3.63) is 40.5 Å². The number of nitrogens with zero attached hydrogens (tertiary/aromatic N) is 6. The molecule has 2 saturated heterocycles. The Labute approximate surface area is 219 Å². The Bertz CT molecular complexity index is 1170. The van der Waals surface area contributed by atoms with E-state index in [0.717, 1.165) is 43.7 Å². The van der Waals surface area contributed by atoms with Crippen LogP contribution in [0, 0.1) is 6.92 Å². The molecule has 198 valence electrons. The lowest BCUT2D eigenvalue weighted by Crippen LogP contribution is -2.50. The lowest BCUT2D eigenvalue weighted by molar-refractivity contribution is 0.0631. The van der Waals surface area contributed by atoms with Crippen molar-refractivity contribution in [2.45, 2.75) is 45.2 Å². The van der Waals surface area contributed by atoms with E-state index in [9.17, 15) is 13.2 Å². The number of hydrogen-bond acceptors (Lipinski definition) is 6. The number of aromatic nitrogens is 2. The highest BCUT2D eigenvalue weighted by Crippen LogP contribution is 2.27. The van der Waals surface area contributed by atoms with Crippen molar-refractivity contribution >= 4 is 33.2 Å². The van der Waals surface area contributed by atoms with Crippen LogP contribution in [0.1, 0.15) is 42.6 Å². The molecule has 9 nitrogen and oxygen atoms in total. The van der Waals surface area contributed by atoms with Gasteiger partial charge in [-0.15, -0.1) is 0 Å². The van der Waals surface area contributed by atoms with Gasteiger partial charge in [-0.25, -0.2) is 8.42 Å². The summed E-state index contributed by atoms with van der Waals surface area (Å²) in [6.07, 6.45) is 3.87. The first-order valence-corrected chi connectivity index (χ1v) is 14.7. The molecule has 0 saturated carbocycles. The number of hydrogen-bond donors (Lipinski definition) is 0. The number of carbonyl (C=O) groups excluding carboxylic acids is 1. The first kappa shape index (κ1) is 26.9. The van der Waals surface area contributed by atoms with Crippen molar-refractivity contribution in [2.24, 2.45) is 0 Å². The van der Waals surface area contributed by atoms with Gasteiger partial charge in [0.15, 0.2) is 0 Å². The van der Waals surface area contributed by atoms with Gasteiger partial charge in [0.1, 0.15) is 0 Å². The van der Waals surface area contributed by atoms with Crippen LogP contribution >= 0.6 is 11.6 Å². The molecule has 0 spiro atoms. The summed E-state index contributed by atoms with van der Waals surface area (Å²) >= 11 is 6.19. The minimum atomic E-state index is -3.92. The number of carbonyl (C=O) groups is 1. The van der Waals surface area contributed by atoms with Gasteiger partial charge >= 0.3 is 0 Å². The summed E-state index contributed by atoms with van der Waals surface area (Å²) in [4.78, 5) is 19.7. The molecule has 0 aliphatic carbocycles. The highest BCUT2D eigenvalue weighted by molar-refractivity contribution is 7.89.